The minimum atomic E-state index is -3.76. The molecule has 0 heterocycles. The molecule has 0 bridgehead atoms. The molecule has 0 aliphatic heterocycles. The molecule has 0 radical (unpaired) electrons. The zero-order valence-electron chi connectivity index (χ0n) is 19.2. The van der Waals surface area contributed by atoms with Crippen molar-refractivity contribution in [2.24, 2.45) is 0 Å². The van der Waals surface area contributed by atoms with Gasteiger partial charge in [0.1, 0.15) is 18.3 Å². The van der Waals surface area contributed by atoms with E-state index in [1.807, 2.05) is 38.1 Å². The fourth-order valence-corrected chi connectivity index (χ4v) is 4.02. The molecule has 2 aromatic carbocycles. The number of carbonyl (C=O) groups is 2. The SMILES string of the molecule is CCOc1ccc(N(CC(=O)N(Cc2ccc(C)cc2)[C@H](C)C(=O)NC)S(C)(=O)=O)cc1. The number of sulfonamides is 1. The highest BCUT2D eigenvalue weighted by molar-refractivity contribution is 7.92. The van der Waals surface area contributed by atoms with Gasteiger partial charge in [-0.05, 0) is 50.6 Å². The maximum Gasteiger partial charge on any atom is 0.244 e. The van der Waals surface area contributed by atoms with Gasteiger partial charge in [-0.25, -0.2) is 8.42 Å². The predicted molar refractivity (Wildman–Crippen MR) is 125 cm³/mol. The zero-order valence-corrected chi connectivity index (χ0v) is 20.0. The molecule has 2 aromatic rings. The van der Waals surface area contributed by atoms with Crippen LogP contribution in [0.5, 0.6) is 5.75 Å². The molecule has 1 atom stereocenters. The lowest BCUT2D eigenvalue weighted by Crippen LogP contribution is -2.50. The smallest absolute Gasteiger partial charge is 0.244 e. The summed E-state index contributed by atoms with van der Waals surface area (Å²) in [6.07, 6.45) is 1.04. The average molecular weight is 462 g/mol. The Bertz CT molecular complexity index is 1020. The molecule has 2 rings (SSSR count). The van der Waals surface area contributed by atoms with E-state index in [1.165, 1.54) is 11.9 Å². The number of nitrogens with zero attached hydrogens (tertiary/aromatic N) is 2. The lowest BCUT2D eigenvalue weighted by atomic mass is 10.1. The summed E-state index contributed by atoms with van der Waals surface area (Å²) in [5, 5.41) is 2.55. The molecule has 0 saturated carbocycles. The molecular weight excluding hydrogens is 430 g/mol. The van der Waals surface area contributed by atoms with Gasteiger partial charge in [-0.2, -0.15) is 0 Å². The topological polar surface area (TPSA) is 96.0 Å². The Labute approximate surface area is 190 Å². The quantitative estimate of drug-likeness (QED) is 0.586. The molecule has 174 valence electrons. The molecule has 8 nitrogen and oxygen atoms in total. The van der Waals surface area contributed by atoms with E-state index in [4.69, 9.17) is 4.74 Å². The van der Waals surface area contributed by atoms with Crippen molar-refractivity contribution in [3.63, 3.8) is 0 Å². The molecule has 0 aliphatic rings. The standard InChI is InChI=1S/C23H31N3O5S/c1-6-31-21-13-11-20(12-14-21)26(32(5,29)30)16-22(27)25(18(3)23(28)24-4)15-19-9-7-17(2)8-10-19/h7-14,18H,6,15-16H2,1-5H3,(H,24,28)/t18-/m1/s1. The number of ether oxygens (including phenoxy) is 1. The van der Waals surface area contributed by atoms with Gasteiger partial charge in [-0.15, -0.1) is 0 Å². The Balaban J connectivity index is 2.34. The number of nitrogens with one attached hydrogen (secondary N) is 1. The summed E-state index contributed by atoms with van der Waals surface area (Å²) in [6.45, 7) is 5.66. The van der Waals surface area contributed by atoms with E-state index in [2.05, 4.69) is 5.32 Å². The van der Waals surface area contributed by atoms with Crippen LogP contribution in [0.15, 0.2) is 48.5 Å². The van der Waals surface area contributed by atoms with E-state index < -0.39 is 28.5 Å². The molecule has 0 aliphatic carbocycles. The highest BCUT2D eigenvalue weighted by atomic mass is 32.2. The Morgan fingerprint density at radius 3 is 2.16 bits per heavy atom. The fraction of sp³-hybridized carbons (Fsp3) is 0.391. The van der Waals surface area contributed by atoms with E-state index in [0.29, 0.717) is 18.0 Å². The number of rotatable bonds is 10. The second-order valence-corrected chi connectivity index (χ2v) is 9.40. The van der Waals surface area contributed by atoms with Crippen LogP contribution in [0.4, 0.5) is 5.69 Å². The summed E-state index contributed by atoms with van der Waals surface area (Å²) in [5.41, 5.74) is 2.25. The van der Waals surface area contributed by atoms with Crippen molar-refractivity contribution in [3.8, 4) is 5.75 Å². The first-order chi connectivity index (χ1) is 15.1. The third-order valence-corrected chi connectivity index (χ3v) is 6.14. The van der Waals surface area contributed by atoms with Crippen molar-refractivity contribution in [3.05, 3.63) is 59.7 Å². The van der Waals surface area contributed by atoms with E-state index in [-0.39, 0.29) is 12.5 Å². The minimum absolute atomic E-state index is 0.175. The Hall–Kier alpha value is -3.07. The van der Waals surface area contributed by atoms with Crippen molar-refractivity contribution >= 4 is 27.5 Å². The molecule has 0 spiro atoms. The number of anilines is 1. The Morgan fingerprint density at radius 2 is 1.66 bits per heavy atom. The van der Waals surface area contributed by atoms with Crippen LogP contribution >= 0.6 is 0 Å². The van der Waals surface area contributed by atoms with Crippen LogP contribution in [0.1, 0.15) is 25.0 Å². The number of hydrogen-bond donors (Lipinski definition) is 1. The molecule has 0 fully saturated rings. The number of likely N-dealkylation sites (N-methyl/N-ethyl adjacent to an activating group) is 1. The number of hydrogen-bond acceptors (Lipinski definition) is 5. The van der Waals surface area contributed by atoms with E-state index >= 15 is 0 Å². The largest absolute Gasteiger partial charge is 0.494 e. The second kappa shape index (κ2) is 11.0. The van der Waals surface area contributed by atoms with Gasteiger partial charge >= 0.3 is 0 Å². The summed E-state index contributed by atoms with van der Waals surface area (Å²) < 4.78 is 31.4. The van der Waals surface area contributed by atoms with Gasteiger partial charge in [0.05, 0.1) is 18.6 Å². The maximum absolute atomic E-state index is 13.3. The summed E-state index contributed by atoms with van der Waals surface area (Å²) in [7, 11) is -2.26. The number of aryl methyl sites for hydroxylation is 1. The van der Waals surface area contributed by atoms with Crippen LogP contribution in [0.3, 0.4) is 0 Å². The monoisotopic (exact) mass is 461 g/mol. The Kier molecular flexibility index (Phi) is 8.65. The summed E-state index contributed by atoms with van der Waals surface area (Å²) in [6, 6.07) is 13.3. The fourth-order valence-electron chi connectivity index (χ4n) is 3.17. The first-order valence-electron chi connectivity index (χ1n) is 10.3. The van der Waals surface area contributed by atoms with Crippen molar-refractivity contribution in [1.29, 1.82) is 0 Å². The summed E-state index contributed by atoms with van der Waals surface area (Å²) in [4.78, 5) is 27.0. The van der Waals surface area contributed by atoms with Crippen LogP contribution in [-0.4, -0.2) is 57.6 Å². The molecule has 1 N–H and O–H groups in total. The second-order valence-electron chi connectivity index (χ2n) is 7.49. The predicted octanol–water partition coefficient (Wildman–Crippen LogP) is 2.32. The lowest BCUT2D eigenvalue weighted by molar-refractivity contribution is -0.139. The Morgan fingerprint density at radius 1 is 1.06 bits per heavy atom. The zero-order chi connectivity index (χ0) is 23.9. The van der Waals surface area contributed by atoms with Gasteiger partial charge in [0, 0.05) is 13.6 Å². The van der Waals surface area contributed by atoms with Crippen molar-refractivity contribution in [2.75, 3.05) is 30.8 Å². The molecule has 0 aromatic heterocycles. The third-order valence-electron chi connectivity index (χ3n) is 5.00. The molecule has 9 heteroatoms. The summed E-state index contributed by atoms with van der Waals surface area (Å²) >= 11 is 0. The van der Waals surface area contributed by atoms with Crippen molar-refractivity contribution in [1.82, 2.24) is 10.2 Å². The highest BCUT2D eigenvalue weighted by Crippen LogP contribution is 2.22. The van der Waals surface area contributed by atoms with Crippen LogP contribution in [0.2, 0.25) is 0 Å². The van der Waals surface area contributed by atoms with Gasteiger partial charge in [0.25, 0.3) is 0 Å². The molecular formula is C23H31N3O5S. The number of amides is 2. The van der Waals surface area contributed by atoms with Gasteiger partial charge in [-0.3, -0.25) is 13.9 Å². The first-order valence-corrected chi connectivity index (χ1v) is 12.2. The van der Waals surface area contributed by atoms with E-state index in [0.717, 1.165) is 21.7 Å². The lowest BCUT2D eigenvalue weighted by Gasteiger charge is -2.31. The van der Waals surface area contributed by atoms with E-state index in [9.17, 15) is 18.0 Å². The molecule has 32 heavy (non-hydrogen) atoms. The van der Waals surface area contributed by atoms with Crippen LogP contribution < -0.4 is 14.4 Å². The first kappa shape index (κ1) is 25.2. The van der Waals surface area contributed by atoms with Gasteiger partial charge in [0.15, 0.2) is 0 Å². The minimum Gasteiger partial charge on any atom is -0.494 e. The average Bonchev–Trinajstić information content (AvgIpc) is 2.76. The van der Waals surface area contributed by atoms with Crippen molar-refractivity contribution < 1.29 is 22.7 Å². The van der Waals surface area contributed by atoms with Crippen molar-refractivity contribution in [2.45, 2.75) is 33.4 Å². The van der Waals surface area contributed by atoms with Crippen LogP contribution in [-0.2, 0) is 26.2 Å². The van der Waals surface area contributed by atoms with Crippen LogP contribution in [0.25, 0.3) is 0 Å². The number of carbonyl (C=O) groups excluding carboxylic acids is 2. The van der Waals surface area contributed by atoms with E-state index in [1.54, 1.807) is 31.2 Å². The molecule has 0 saturated heterocycles. The normalized spacial score (nSPS) is 12.0. The van der Waals surface area contributed by atoms with Gasteiger partial charge in [-0.1, -0.05) is 29.8 Å². The highest BCUT2D eigenvalue weighted by Gasteiger charge is 2.29. The molecule has 2 amide bonds. The van der Waals surface area contributed by atoms with Gasteiger partial charge < -0.3 is 15.0 Å². The molecule has 0 unspecified atom stereocenters. The van der Waals surface area contributed by atoms with Crippen LogP contribution in [0, 0.1) is 6.92 Å². The maximum atomic E-state index is 13.3. The number of benzene rings is 2. The van der Waals surface area contributed by atoms with Gasteiger partial charge in [0.2, 0.25) is 21.8 Å². The third kappa shape index (κ3) is 6.71. The summed E-state index contributed by atoms with van der Waals surface area (Å²) in [5.74, 6) is -0.219.